The summed E-state index contributed by atoms with van der Waals surface area (Å²) in [6.45, 7) is 0.426. The fourth-order valence-corrected chi connectivity index (χ4v) is 3.55. The lowest BCUT2D eigenvalue weighted by Gasteiger charge is -2.15. The van der Waals surface area contributed by atoms with Gasteiger partial charge in [-0.05, 0) is 31.4 Å². The zero-order chi connectivity index (χ0) is 24.0. The lowest BCUT2D eigenvalue weighted by Crippen LogP contribution is -2.31. The molecule has 3 aromatic heterocycles. The van der Waals surface area contributed by atoms with Crippen molar-refractivity contribution in [1.82, 2.24) is 34.8 Å². The maximum absolute atomic E-state index is 13.0. The fraction of sp³-hybridized carbons (Fsp3) is 0.421. The molecule has 1 amide bonds. The molecule has 1 aliphatic heterocycles. The molecule has 0 radical (unpaired) electrons. The standard InChI is InChI=1S/C19H17F6N7O/c1-31-12(9-14(29-31)19(23,24)25)17(33)27-11-4-2-3-7-32-16(11)28-15(30-32)10-5-6-26-13(8-10)18(20,21)22/h5-6,8-9,11H,2-4,7H2,1H3,(H,27,33)/t11-/m0/s1. The van der Waals surface area contributed by atoms with Crippen molar-refractivity contribution in [3.63, 3.8) is 0 Å². The van der Waals surface area contributed by atoms with Crippen LogP contribution in [-0.2, 0) is 25.9 Å². The Hall–Kier alpha value is -3.45. The third-order valence-electron chi connectivity index (χ3n) is 5.14. The van der Waals surface area contributed by atoms with Crippen molar-refractivity contribution in [1.29, 1.82) is 0 Å². The Morgan fingerprint density at radius 1 is 1.06 bits per heavy atom. The smallest absolute Gasteiger partial charge is 0.341 e. The Morgan fingerprint density at radius 3 is 2.45 bits per heavy atom. The van der Waals surface area contributed by atoms with Crippen LogP contribution in [0.2, 0.25) is 0 Å². The van der Waals surface area contributed by atoms with Crippen LogP contribution in [-0.4, -0.2) is 35.4 Å². The van der Waals surface area contributed by atoms with Crippen LogP contribution in [0, 0.1) is 0 Å². The van der Waals surface area contributed by atoms with E-state index in [1.54, 1.807) is 0 Å². The van der Waals surface area contributed by atoms with E-state index in [0.29, 0.717) is 37.7 Å². The van der Waals surface area contributed by atoms with Gasteiger partial charge in [-0.1, -0.05) is 0 Å². The number of carbonyl (C=O) groups excluding carboxylic acids is 1. The molecule has 176 valence electrons. The van der Waals surface area contributed by atoms with Gasteiger partial charge in [0.2, 0.25) is 0 Å². The number of nitrogens with zero attached hydrogens (tertiary/aromatic N) is 6. The fourth-order valence-electron chi connectivity index (χ4n) is 3.55. The molecule has 4 rings (SSSR count). The zero-order valence-corrected chi connectivity index (χ0v) is 17.1. The molecule has 33 heavy (non-hydrogen) atoms. The third kappa shape index (κ3) is 4.68. The van der Waals surface area contributed by atoms with E-state index < -0.39 is 35.7 Å². The normalized spacial score (nSPS) is 16.9. The molecule has 0 fully saturated rings. The molecular formula is C19H17F6N7O. The Labute approximate surface area is 182 Å². The molecule has 1 N–H and O–H groups in total. The Kier molecular flexibility index (Phi) is 5.62. The molecule has 0 unspecified atom stereocenters. The summed E-state index contributed by atoms with van der Waals surface area (Å²) in [5, 5.41) is 10.3. The number of hydrogen-bond donors (Lipinski definition) is 1. The predicted octanol–water partition coefficient (Wildman–Crippen LogP) is 3.77. The van der Waals surface area contributed by atoms with Crippen molar-refractivity contribution in [2.24, 2.45) is 7.05 Å². The molecule has 0 saturated carbocycles. The number of fused-ring (bicyclic) bond motifs is 1. The molecule has 1 aliphatic rings. The van der Waals surface area contributed by atoms with Crippen LogP contribution in [0.1, 0.15) is 53.0 Å². The van der Waals surface area contributed by atoms with Gasteiger partial charge in [0.05, 0.1) is 6.04 Å². The third-order valence-corrected chi connectivity index (χ3v) is 5.14. The van der Waals surface area contributed by atoms with Crippen LogP contribution in [0.25, 0.3) is 11.4 Å². The number of alkyl halides is 6. The molecule has 4 heterocycles. The van der Waals surface area contributed by atoms with Gasteiger partial charge in [0.15, 0.2) is 11.5 Å². The van der Waals surface area contributed by atoms with Crippen molar-refractivity contribution >= 4 is 5.91 Å². The second kappa shape index (κ2) is 8.15. The van der Waals surface area contributed by atoms with Crippen LogP contribution in [0.4, 0.5) is 26.3 Å². The summed E-state index contributed by atoms with van der Waals surface area (Å²) < 4.78 is 80.1. The summed E-state index contributed by atoms with van der Waals surface area (Å²) in [6.07, 6.45) is -6.55. The van der Waals surface area contributed by atoms with E-state index in [-0.39, 0.29) is 17.1 Å². The average molecular weight is 473 g/mol. The summed E-state index contributed by atoms with van der Waals surface area (Å²) in [5.41, 5.74) is -2.47. The van der Waals surface area contributed by atoms with E-state index in [0.717, 1.165) is 16.9 Å². The maximum Gasteiger partial charge on any atom is 0.435 e. The van der Waals surface area contributed by atoms with Gasteiger partial charge in [-0.15, -0.1) is 0 Å². The highest BCUT2D eigenvalue weighted by Crippen LogP contribution is 2.32. The minimum Gasteiger partial charge on any atom is -0.341 e. The molecule has 1 atom stereocenters. The Bertz CT molecular complexity index is 1180. The molecule has 0 aliphatic carbocycles. The minimum atomic E-state index is -4.70. The molecule has 8 nitrogen and oxygen atoms in total. The highest BCUT2D eigenvalue weighted by Gasteiger charge is 2.36. The number of nitrogens with one attached hydrogen (secondary N) is 1. The SMILES string of the molecule is Cn1nc(C(F)(F)F)cc1C(=O)N[C@H]1CCCCn2nc(-c3ccnc(C(F)(F)F)c3)nc21. The van der Waals surface area contributed by atoms with E-state index >= 15 is 0 Å². The first-order valence-corrected chi connectivity index (χ1v) is 9.84. The summed E-state index contributed by atoms with van der Waals surface area (Å²) in [7, 11) is 1.22. The van der Waals surface area contributed by atoms with Crippen molar-refractivity contribution < 1.29 is 31.1 Å². The van der Waals surface area contributed by atoms with Gasteiger partial charge in [-0.25, -0.2) is 9.67 Å². The largest absolute Gasteiger partial charge is 0.435 e. The number of hydrogen-bond acceptors (Lipinski definition) is 5. The van der Waals surface area contributed by atoms with Gasteiger partial charge in [-0.3, -0.25) is 14.5 Å². The first-order valence-electron chi connectivity index (χ1n) is 9.84. The molecule has 3 aromatic rings. The second-order valence-electron chi connectivity index (χ2n) is 7.50. The highest BCUT2D eigenvalue weighted by molar-refractivity contribution is 5.93. The van der Waals surface area contributed by atoms with E-state index in [9.17, 15) is 31.1 Å². The van der Waals surface area contributed by atoms with E-state index in [1.165, 1.54) is 17.8 Å². The number of rotatable bonds is 3. The summed E-state index contributed by atoms with van der Waals surface area (Å²) in [6, 6.07) is 2.12. The van der Waals surface area contributed by atoms with Crippen molar-refractivity contribution in [2.75, 3.05) is 0 Å². The van der Waals surface area contributed by atoms with Gasteiger partial charge >= 0.3 is 12.4 Å². The van der Waals surface area contributed by atoms with Crippen LogP contribution >= 0.6 is 0 Å². The van der Waals surface area contributed by atoms with Gasteiger partial charge in [0, 0.05) is 31.4 Å². The molecule has 14 heteroatoms. The number of halogens is 6. The second-order valence-corrected chi connectivity index (χ2v) is 7.50. The minimum absolute atomic E-state index is 0.0268. The van der Waals surface area contributed by atoms with Crippen molar-refractivity contribution in [3.05, 3.63) is 47.3 Å². The van der Waals surface area contributed by atoms with Gasteiger partial charge < -0.3 is 5.32 Å². The Balaban J connectivity index is 1.62. The summed E-state index contributed by atoms with van der Waals surface area (Å²) in [4.78, 5) is 20.4. The molecular weight excluding hydrogens is 456 g/mol. The number of amides is 1. The highest BCUT2D eigenvalue weighted by atomic mass is 19.4. The Morgan fingerprint density at radius 2 is 1.79 bits per heavy atom. The lowest BCUT2D eigenvalue weighted by atomic mass is 10.1. The number of aromatic nitrogens is 6. The van der Waals surface area contributed by atoms with Crippen LogP contribution in [0.5, 0.6) is 0 Å². The van der Waals surface area contributed by atoms with E-state index in [2.05, 4.69) is 25.5 Å². The van der Waals surface area contributed by atoms with E-state index in [4.69, 9.17) is 0 Å². The average Bonchev–Trinajstić information content (AvgIpc) is 3.29. The van der Waals surface area contributed by atoms with Gasteiger partial charge in [0.1, 0.15) is 17.2 Å². The molecule has 0 aromatic carbocycles. The first kappa shape index (κ1) is 22.7. The number of pyridine rings is 1. The quantitative estimate of drug-likeness (QED) is 0.585. The zero-order valence-electron chi connectivity index (χ0n) is 17.1. The van der Waals surface area contributed by atoms with Crippen molar-refractivity contribution in [2.45, 2.75) is 44.2 Å². The molecule has 0 saturated heterocycles. The van der Waals surface area contributed by atoms with Crippen LogP contribution in [0.15, 0.2) is 24.4 Å². The van der Waals surface area contributed by atoms with Gasteiger partial charge in [0.25, 0.3) is 5.91 Å². The van der Waals surface area contributed by atoms with Crippen LogP contribution < -0.4 is 5.32 Å². The first-order chi connectivity index (χ1) is 15.4. The summed E-state index contributed by atoms with van der Waals surface area (Å²) >= 11 is 0. The number of carbonyl (C=O) groups is 1. The number of aryl methyl sites for hydroxylation is 2. The molecule has 0 bridgehead atoms. The predicted molar refractivity (Wildman–Crippen MR) is 101 cm³/mol. The van der Waals surface area contributed by atoms with Crippen molar-refractivity contribution in [3.8, 4) is 11.4 Å². The molecule has 0 spiro atoms. The summed E-state index contributed by atoms with van der Waals surface area (Å²) in [5.74, 6) is -0.454. The van der Waals surface area contributed by atoms with E-state index in [1.807, 2.05) is 0 Å². The lowest BCUT2D eigenvalue weighted by molar-refractivity contribution is -0.142. The van der Waals surface area contributed by atoms with Gasteiger partial charge in [-0.2, -0.15) is 36.5 Å². The maximum atomic E-state index is 13.0. The topological polar surface area (TPSA) is 90.5 Å². The monoisotopic (exact) mass is 473 g/mol. The van der Waals surface area contributed by atoms with Crippen LogP contribution in [0.3, 0.4) is 0 Å².